The molecule has 1 saturated carbocycles. The van der Waals surface area contributed by atoms with Gasteiger partial charge in [-0.1, -0.05) is 6.07 Å². The van der Waals surface area contributed by atoms with Gasteiger partial charge in [-0.15, -0.1) is 0 Å². The number of rotatable bonds is 3. The van der Waals surface area contributed by atoms with Gasteiger partial charge in [0.1, 0.15) is 5.75 Å². The summed E-state index contributed by atoms with van der Waals surface area (Å²) in [7, 11) is -3.95. The van der Waals surface area contributed by atoms with Crippen LogP contribution in [0.3, 0.4) is 0 Å². The van der Waals surface area contributed by atoms with Gasteiger partial charge >= 0.3 is 5.97 Å². The summed E-state index contributed by atoms with van der Waals surface area (Å²) in [6.45, 7) is 0. The Morgan fingerprint density at radius 2 is 1.94 bits per heavy atom. The number of carboxylic acid groups (broad SMARTS) is 1. The van der Waals surface area contributed by atoms with Crippen LogP contribution in [-0.4, -0.2) is 29.3 Å². The number of carboxylic acids is 1. The third-order valence-electron chi connectivity index (χ3n) is 3.19. The molecule has 0 heterocycles. The maximum Gasteiger partial charge on any atom is 0.325 e. The molecule has 5 nitrogen and oxygen atoms in total. The minimum absolute atomic E-state index is 0.125. The number of phenolic OH excluding ortho intramolecular Hbond substituents is 1. The molecule has 0 aliphatic heterocycles. The zero-order valence-corrected chi connectivity index (χ0v) is 9.77. The molecule has 17 heavy (non-hydrogen) atoms. The van der Waals surface area contributed by atoms with Crippen LogP contribution in [0, 0.1) is 0 Å². The Hall–Kier alpha value is -1.56. The van der Waals surface area contributed by atoms with Crippen LogP contribution in [0.1, 0.15) is 19.3 Å². The third-order valence-corrected chi connectivity index (χ3v) is 5.68. The first-order chi connectivity index (χ1) is 7.90. The van der Waals surface area contributed by atoms with Crippen molar-refractivity contribution in [3.8, 4) is 5.75 Å². The highest BCUT2D eigenvalue weighted by molar-refractivity contribution is 7.93. The summed E-state index contributed by atoms with van der Waals surface area (Å²) in [6, 6.07) is 5.11. The second kappa shape index (κ2) is 3.73. The van der Waals surface area contributed by atoms with Crippen LogP contribution in [-0.2, 0) is 14.6 Å². The Morgan fingerprint density at radius 1 is 1.29 bits per heavy atom. The van der Waals surface area contributed by atoms with E-state index in [1.54, 1.807) is 0 Å². The van der Waals surface area contributed by atoms with E-state index in [1.165, 1.54) is 18.2 Å². The number of hydrogen-bond acceptors (Lipinski definition) is 4. The van der Waals surface area contributed by atoms with Crippen molar-refractivity contribution in [2.45, 2.75) is 28.9 Å². The maximum absolute atomic E-state index is 12.2. The molecular formula is C11H12O5S. The van der Waals surface area contributed by atoms with Gasteiger partial charge in [-0.25, -0.2) is 8.42 Å². The van der Waals surface area contributed by atoms with Gasteiger partial charge in [0.25, 0.3) is 0 Å². The van der Waals surface area contributed by atoms with Gasteiger partial charge in [0.05, 0.1) is 4.90 Å². The monoisotopic (exact) mass is 256 g/mol. The molecule has 0 spiro atoms. The molecule has 0 bridgehead atoms. The van der Waals surface area contributed by atoms with Crippen LogP contribution in [0.15, 0.2) is 29.2 Å². The van der Waals surface area contributed by atoms with E-state index in [1.807, 2.05) is 0 Å². The lowest BCUT2D eigenvalue weighted by Gasteiger charge is -2.36. The molecule has 1 aliphatic carbocycles. The van der Waals surface area contributed by atoms with E-state index in [-0.39, 0.29) is 23.5 Å². The summed E-state index contributed by atoms with van der Waals surface area (Å²) in [4.78, 5) is 11.0. The Balaban J connectivity index is 2.54. The van der Waals surface area contributed by atoms with Crippen LogP contribution in [0.25, 0.3) is 0 Å². The average molecular weight is 256 g/mol. The standard InChI is InChI=1S/C11H12O5S/c12-8-3-1-4-9(7-8)17(15,16)11(10(13)14)5-2-6-11/h1,3-4,7,12H,2,5-6H2,(H,13,14). The number of sulfone groups is 1. The van der Waals surface area contributed by atoms with Crippen molar-refractivity contribution >= 4 is 15.8 Å². The SMILES string of the molecule is O=C(O)C1(S(=O)(=O)c2cccc(O)c2)CCC1. The molecule has 0 aromatic heterocycles. The summed E-state index contributed by atoms with van der Waals surface area (Å²) >= 11 is 0. The van der Waals surface area contributed by atoms with Gasteiger partial charge in [-0.2, -0.15) is 0 Å². The topological polar surface area (TPSA) is 91.7 Å². The lowest BCUT2D eigenvalue weighted by atomic mass is 9.84. The normalized spacial score (nSPS) is 18.4. The quantitative estimate of drug-likeness (QED) is 0.847. The molecule has 2 N–H and O–H groups in total. The summed E-state index contributed by atoms with van der Waals surface area (Å²) in [6.07, 6.45) is 0.838. The second-order valence-corrected chi connectivity index (χ2v) is 6.41. The van der Waals surface area contributed by atoms with E-state index < -0.39 is 20.6 Å². The van der Waals surface area contributed by atoms with Crippen molar-refractivity contribution in [1.82, 2.24) is 0 Å². The molecular weight excluding hydrogens is 244 g/mol. The number of hydrogen-bond donors (Lipinski definition) is 2. The summed E-state index contributed by atoms with van der Waals surface area (Å²) < 4.78 is 22.8. The Kier molecular flexibility index (Phi) is 2.61. The van der Waals surface area contributed by atoms with E-state index in [9.17, 15) is 18.3 Å². The highest BCUT2D eigenvalue weighted by Crippen LogP contribution is 2.43. The number of carbonyl (C=O) groups is 1. The van der Waals surface area contributed by atoms with Gasteiger partial charge in [0.15, 0.2) is 14.6 Å². The van der Waals surface area contributed by atoms with E-state index in [0.717, 1.165) is 6.07 Å². The Labute approximate surface area is 98.6 Å². The molecule has 1 fully saturated rings. The number of aromatic hydroxyl groups is 1. The molecule has 2 rings (SSSR count). The van der Waals surface area contributed by atoms with Crippen LogP contribution >= 0.6 is 0 Å². The maximum atomic E-state index is 12.2. The largest absolute Gasteiger partial charge is 0.508 e. The molecule has 0 saturated heterocycles. The third kappa shape index (κ3) is 1.59. The first kappa shape index (κ1) is 11.9. The number of phenols is 1. The fourth-order valence-corrected chi connectivity index (χ4v) is 4.01. The molecule has 1 aromatic rings. The summed E-state index contributed by atoms with van der Waals surface area (Å²) in [5.74, 6) is -1.50. The van der Waals surface area contributed by atoms with Crippen LogP contribution in [0.5, 0.6) is 5.75 Å². The molecule has 6 heteroatoms. The lowest BCUT2D eigenvalue weighted by molar-refractivity contribution is -0.142. The van der Waals surface area contributed by atoms with Crippen molar-refractivity contribution in [1.29, 1.82) is 0 Å². The molecule has 0 radical (unpaired) electrons. The summed E-state index contributed by atoms with van der Waals surface area (Å²) in [5, 5.41) is 18.4. The highest BCUT2D eigenvalue weighted by Gasteiger charge is 2.56. The van der Waals surface area contributed by atoms with Crippen LogP contribution in [0.2, 0.25) is 0 Å². The van der Waals surface area contributed by atoms with Gasteiger partial charge in [0, 0.05) is 0 Å². The van der Waals surface area contributed by atoms with E-state index in [2.05, 4.69) is 0 Å². The van der Waals surface area contributed by atoms with E-state index in [0.29, 0.717) is 6.42 Å². The predicted molar refractivity (Wildman–Crippen MR) is 59.5 cm³/mol. The Bertz CT molecular complexity index is 557. The fraction of sp³-hybridized carbons (Fsp3) is 0.364. The van der Waals surface area contributed by atoms with Gasteiger partial charge in [0.2, 0.25) is 0 Å². The van der Waals surface area contributed by atoms with Gasteiger partial charge < -0.3 is 10.2 Å². The molecule has 0 amide bonds. The first-order valence-corrected chi connectivity index (χ1v) is 6.65. The van der Waals surface area contributed by atoms with Crippen molar-refractivity contribution in [2.75, 3.05) is 0 Å². The highest BCUT2D eigenvalue weighted by atomic mass is 32.2. The Morgan fingerprint density at radius 3 is 2.35 bits per heavy atom. The smallest absolute Gasteiger partial charge is 0.325 e. The average Bonchev–Trinajstić information content (AvgIpc) is 2.14. The summed E-state index contributed by atoms with van der Waals surface area (Å²) in [5.41, 5.74) is 0. The predicted octanol–water partition coefficient (Wildman–Crippen LogP) is 1.17. The van der Waals surface area contributed by atoms with Crippen molar-refractivity contribution in [3.63, 3.8) is 0 Å². The lowest BCUT2D eigenvalue weighted by Crippen LogP contribution is -2.51. The zero-order valence-electron chi connectivity index (χ0n) is 8.96. The van der Waals surface area contributed by atoms with Gasteiger partial charge in [-0.3, -0.25) is 4.79 Å². The molecule has 1 aromatic carbocycles. The molecule has 1 aliphatic rings. The van der Waals surface area contributed by atoms with Crippen molar-refractivity contribution < 1.29 is 23.4 Å². The van der Waals surface area contributed by atoms with Crippen LogP contribution < -0.4 is 0 Å². The number of benzene rings is 1. The fourth-order valence-electron chi connectivity index (χ4n) is 1.97. The van der Waals surface area contributed by atoms with E-state index >= 15 is 0 Å². The second-order valence-electron chi connectivity index (χ2n) is 4.15. The number of aliphatic carboxylic acids is 1. The minimum atomic E-state index is -3.95. The molecule has 0 atom stereocenters. The van der Waals surface area contributed by atoms with E-state index in [4.69, 9.17) is 5.11 Å². The first-order valence-electron chi connectivity index (χ1n) is 5.17. The van der Waals surface area contributed by atoms with Crippen molar-refractivity contribution in [2.24, 2.45) is 0 Å². The van der Waals surface area contributed by atoms with Crippen molar-refractivity contribution in [3.05, 3.63) is 24.3 Å². The minimum Gasteiger partial charge on any atom is -0.508 e. The van der Waals surface area contributed by atoms with Crippen LogP contribution in [0.4, 0.5) is 0 Å². The van der Waals surface area contributed by atoms with Gasteiger partial charge in [-0.05, 0) is 37.5 Å². The molecule has 92 valence electrons. The molecule has 0 unspecified atom stereocenters. The zero-order chi connectivity index (χ0) is 12.7.